The Morgan fingerprint density at radius 2 is 2.22 bits per heavy atom. The van der Waals surface area contributed by atoms with Gasteiger partial charge >= 0.3 is 5.97 Å². The van der Waals surface area contributed by atoms with Crippen LogP contribution in [0.4, 0.5) is 0 Å². The average molecular weight is 337 g/mol. The fourth-order valence-electron chi connectivity index (χ4n) is 2.80. The Labute approximate surface area is 137 Å². The van der Waals surface area contributed by atoms with Crippen LogP contribution in [0.25, 0.3) is 0 Å². The minimum atomic E-state index is -0.879. The summed E-state index contributed by atoms with van der Waals surface area (Å²) >= 11 is 1.11. The highest BCUT2D eigenvalue weighted by Gasteiger charge is 2.50. The number of nitrogens with zero attached hydrogens (tertiary/aromatic N) is 2. The summed E-state index contributed by atoms with van der Waals surface area (Å²) in [7, 11) is 0. The molecule has 0 aromatic carbocycles. The second-order valence-electron chi connectivity index (χ2n) is 6.30. The lowest BCUT2D eigenvalue weighted by Gasteiger charge is -2.19. The topological polar surface area (TPSA) is 99.6 Å². The molecule has 1 saturated carbocycles. The smallest absolute Gasteiger partial charge is 0.311 e. The van der Waals surface area contributed by atoms with Crippen LogP contribution >= 0.6 is 11.3 Å². The molecule has 2 amide bonds. The van der Waals surface area contributed by atoms with Crippen LogP contribution in [0.15, 0.2) is 5.38 Å². The van der Waals surface area contributed by atoms with E-state index in [1.54, 1.807) is 10.3 Å². The first-order chi connectivity index (χ1) is 10.9. The first-order valence-electron chi connectivity index (χ1n) is 7.71. The lowest BCUT2D eigenvalue weighted by atomic mass is 10.1. The first-order valence-corrected chi connectivity index (χ1v) is 8.59. The molecule has 124 valence electrons. The van der Waals surface area contributed by atoms with Gasteiger partial charge in [0.15, 0.2) is 5.01 Å². The molecule has 1 aromatic rings. The van der Waals surface area contributed by atoms with E-state index in [9.17, 15) is 14.4 Å². The highest BCUT2D eigenvalue weighted by Crippen LogP contribution is 2.45. The molecule has 1 atom stereocenters. The monoisotopic (exact) mass is 337 g/mol. The Kier molecular flexibility index (Phi) is 4.09. The number of likely N-dealkylation sites (tertiary alicyclic amines) is 1. The molecule has 0 bridgehead atoms. The minimum absolute atomic E-state index is 0.104. The quantitative estimate of drug-likeness (QED) is 0.845. The van der Waals surface area contributed by atoms with Gasteiger partial charge in [0, 0.05) is 24.5 Å². The Bertz CT molecular complexity index is 653. The van der Waals surface area contributed by atoms with Crippen LogP contribution in [0.1, 0.15) is 52.9 Å². The zero-order valence-electron chi connectivity index (χ0n) is 12.9. The number of carbonyl (C=O) groups excluding carboxylic acids is 2. The van der Waals surface area contributed by atoms with E-state index >= 15 is 0 Å². The lowest BCUT2D eigenvalue weighted by molar-refractivity contribution is -0.143. The van der Waals surface area contributed by atoms with Gasteiger partial charge in [-0.25, -0.2) is 4.98 Å². The molecule has 2 aliphatic rings. The van der Waals surface area contributed by atoms with E-state index in [4.69, 9.17) is 5.11 Å². The predicted molar refractivity (Wildman–Crippen MR) is 83.5 cm³/mol. The number of aliphatic carboxylic acids is 1. The summed E-state index contributed by atoms with van der Waals surface area (Å²) in [6.45, 7) is 2.83. The molecular formula is C15H19N3O4S. The molecule has 2 fully saturated rings. The molecule has 7 nitrogen and oxygen atoms in total. The summed E-state index contributed by atoms with van der Waals surface area (Å²) in [6.07, 6.45) is 3.14. The maximum absolute atomic E-state index is 12.4. The minimum Gasteiger partial charge on any atom is -0.481 e. The zero-order chi connectivity index (χ0) is 16.6. The molecule has 1 aliphatic heterocycles. The van der Waals surface area contributed by atoms with E-state index < -0.39 is 17.3 Å². The number of thiazole rings is 1. The summed E-state index contributed by atoms with van der Waals surface area (Å²) in [6, 6.07) is 0.201. The van der Waals surface area contributed by atoms with E-state index in [0.29, 0.717) is 12.8 Å². The zero-order valence-corrected chi connectivity index (χ0v) is 13.7. The fraction of sp³-hybridized carbons (Fsp3) is 0.600. The van der Waals surface area contributed by atoms with Crippen molar-refractivity contribution >= 4 is 29.1 Å². The van der Waals surface area contributed by atoms with E-state index in [1.807, 2.05) is 6.92 Å². The van der Waals surface area contributed by atoms with Crippen molar-refractivity contribution in [3.8, 4) is 0 Å². The van der Waals surface area contributed by atoms with Crippen molar-refractivity contribution in [1.29, 1.82) is 0 Å². The number of aromatic nitrogens is 1. The van der Waals surface area contributed by atoms with Crippen LogP contribution in [0.2, 0.25) is 0 Å². The predicted octanol–water partition coefficient (Wildman–Crippen LogP) is 1.36. The molecular weight excluding hydrogens is 318 g/mol. The van der Waals surface area contributed by atoms with Crippen LogP contribution in [0.3, 0.4) is 0 Å². The lowest BCUT2D eigenvalue weighted by Crippen LogP contribution is -2.35. The average Bonchev–Trinajstić information content (AvgIpc) is 2.95. The summed E-state index contributed by atoms with van der Waals surface area (Å²) in [5, 5.41) is 13.5. The van der Waals surface area contributed by atoms with E-state index in [2.05, 4.69) is 10.3 Å². The number of rotatable bonds is 5. The Balaban J connectivity index is 1.61. The largest absolute Gasteiger partial charge is 0.481 e. The first kappa shape index (κ1) is 15.9. The number of hydrogen-bond donors (Lipinski definition) is 2. The summed E-state index contributed by atoms with van der Waals surface area (Å²) in [5.74, 6) is -1.44. The molecule has 2 N–H and O–H groups in total. The third-order valence-electron chi connectivity index (χ3n) is 4.63. The molecule has 0 radical (unpaired) electrons. The van der Waals surface area contributed by atoms with Gasteiger partial charge < -0.3 is 15.3 Å². The standard InChI is InChI=1S/C15H19N3O4S/c1-9-3-2-6-18(9)13(20)10-7-23-12(17-10)11(19)16-8-15(4-5-15)14(21)22/h7,9H,2-6,8H2,1H3,(H,16,19)(H,21,22). The highest BCUT2D eigenvalue weighted by molar-refractivity contribution is 7.11. The van der Waals surface area contributed by atoms with E-state index in [1.165, 1.54) is 0 Å². The van der Waals surface area contributed by atoms with Crippen molar-refractivity contribution in [2.24, 2.45) is 5.41 Å². The van der Waals surface area contributed by atoms with Crippen LogP contribution in [0.5, 0.6) is 0 Å². The maximum Gasteiger partial charge on any atom is 0.311 e. The third-order valence-corrected chi connectivity index (χ3v) is 5.47. The molecule has 8 heteroatoms. The van der Waals surface area contributed by atoms with E-state index in [0.717, 1.165) is 30.7 Å². The third kappa shape index (κ3) is 3.08. The molecule has 1 unspecified atom stereocenters. The SMILES string of the molecule is CC1CCCN1C(=O)c1csc(C(=O)NCC2(C(=O)O)CC2)n1. The molecule has 0 spiro atoms. The summed E-state index contributed by atoms with van der Waals surface area (Å²) < 4.78 is 0. The van der Waals surface area contributed by atoms with Crippen molar-refractivity contribution < 1.29 is 19.5 Å². The molecule has 1 aliphatic carbocycles. The van der Waals surface area contributed by atoms with Gasteiger partial charge in [-0.2, -0.15) is 0 Å². The van der Waals surface area contributed by atoms with Gasteiger partial charge in [-0.15, -0.1) is 11.3 Å². The molecule has 2 heterocycles. The van der Waals surface area contributed by atoms with Crippen LogP contribution in [-0.4, -0.2) is 51.9 Å². The van der Waals surface area contributed by atoms with Crippen molar-refractivity contribution in [3.05, 3.63) is 16.1 Å². The number of nitrogens with one attached hydrogen (secondary N) is 1. The molecule has 23 heavy (non-hydrogen) atoms. The van der Waals surface area contributed by atoms with Crippen LogP contribution in [0, 0.1) is 5.41 Å². The van der Waals surface area contributed by atoms with Gasteiger partial charge in [0.2, 0.25) is 0 Å². The van der Waals surface area contributed by atoms with Gasteiger partial charge in [-0.3, -0.25) is 14.4 Å². The van der Waals surface area contributed by atoms with Crippen LogP contribution in [-0.2, 0) is 4.79 Å². The van der Waals surface area contributed by atoms with E-state index in [-0.39, 0.29) is 29.2 Å². The normalized spacial score (nSPS) is 22.0. The second-order valence-corrected chi connectivity index (χ2v) is 7.15. The van der Waals surface area contributed by atoms with Crippen molar-refractivity contribution in [3.63, 3.8) is 0 Å². The Morgan fingerprint density at radius 1 is 1.48 bits per heavy atom. The van der Waals surface area contributed by atoms with Gasteiger partial charge in [-0.05, 0) is 32.6 Å². The summed E-state index contributed by atoms with van der Waals surface area (Å²) in [5.41, 5.74) is -0.524. The second kappa shape index (κ2) is 5.92. The van der Waals surface area contributed by atoms with Gasteiger partial charge in [0.1, 0.15) is 5.69 Å². The Hall–Kier alpha value is -1.96. The summed E-state index contributed by atoms with van der Waals surface area (Å²) in [4.78, 5) is 41.4. The van der Waals surface area contributed by atoms with Crippen molar-refractivity contribution in [1.82, 2.24) is 15.2 Å². The number of carbonyl (C=O) groups is 3. The van der Waals surface area contributed by atoms with Gasteiger partial charge in [0.25, 0.3) is 11.8 Å². The number of carboxylic acid groups (broad SMARTS) is 1. The van der Waals surface area contributed by atoms with Gasteiger partial charge in [0.05, 0.1) is 5.41 Å². The highest BCUT2D eigenvalue weighted by atomic mass is 32.1. The molecule has 1 aromatic heterocycles. The molecule has 1 saturated heterocycles. The van der Waals surface area contributed by atoms with Crippen LogP contribution < -0.4 is 5.32 Å². The van der Waals surface area contributed by atoms with Gasteiger partial charge in [-0.1, -0.05) is 0 Å². The number of carboxylic acids is 1. The Morgan fingerprint density at radius 3 is 2.78 bits per heavy atom. The number of amides is 2. The fourth-order valence-corrected chi connectivity index (χ4v) is 3.51. The number of hydrogen-bond acceptors (Lipinski definition) is 5. The molecule has 3 rings (SSSR count). The maximum atomic E-state index is 12.4. The van der Waals surface area contributed by atoms with Crippen molar-refractivity contribution in [2.45, 2.75) is 38.6 Å². The van der Waals surface area contributed by atoms with Crippen molar-refractivity contribution in [2.75, 3.05) is 13.1 Å².